The Hall–Kier alpha value is -0.410. The molecule has 0 bridgehead atoms. The van der Waals surface area contributed by atoms with Gasteiger partial charge in [-0.25, -0.2) is 0 Å². The first kappa shape index (κ1) is 10.6. The lowest BCUT2D eigenvalue weighted by Gasteiger charge is -2.18. The Morgan fingerprint density at radius 2 is 1.91 bits per heavy atom. The van der Waals surface area contributed by atoms with Gasteiger partial charge in [-0.2, -0.15) is 0 Å². The third kappa shape index (κ3) is 4.93. The van der Waals surface area contributed by atoms with Crippen molar-refractivity contribution in [3.05, 3.63) is 0 Å². The summed E-state index contributed by atoms with van der Waals surface area (Å²) in [7, 11) is 0. The molecule has 0 fully saturated rings. The van der Waals surface area contributed by atoms with Crippen LogP contribution >= 0.6 is 0 Å². The molecule has 0 aromatic rings. The van der Waals surface area contributed by atoms with E-state index in [1.165, 1.54) is 0 Å². The summed E-state index contributed by atoms with van der Waals surface area (Å²) in [5.74, 6) is -0.292. The minimum atomic E-state index is -1.20. The maximum Gasteiger partial charge on any atom is 0.164 e. The van der Waals surface area contributed by atoms with Crippen LogP contribution in [0.5, 0.6) is 0 Å². The van der Waals surface area contributed by atoms with Crippen LogP contribution in [0.4, 0.5) is 0 Å². The average molecular weight is 160 g/mol. The molecule has 0 aliphatic carbocycles. The highest BCUT2D eigenvalue weighted by atomic mass is 16.3. The summed E-state index contributed by atoms with van der Waals surface area (Å²) >= 11 is 0. The predicted octanol–water partition coefficient (Wildman–Crippen LogP) is 0.345. The van der Waals surface area contributed by atoms with Crippen molar-refractivity contribution < 1.29 is 15.0 Å². The molecule has 0 unspecified atom stereocenters. The molecular weight excluding hydrogens is 144 g/mol. The maximum atomic E-state index is 11.0. The van der Waals surface area contributed by atoms with E-state index in [0.717, 1.165) is 0 Å². The summed E-state index contributed by atoms with van der Waals surface area (Å²) in [6.07, 6.45) is -0.899. The van der Waals surface area contributed by atoms with Gasteiger partial charge < -0.3 is 10.2 Å². The number of carbonyl (C=O) groups is 1. The van der Waals surface area contributed by atoms with Crippen molar-refractivity contribution in [2.75, 3.05) is 6.61 Å². The molecule has 0 saturated carbocycles. The summed E-state index contributed by atoms with van der Waals surface area (Å²) in [6.45, 7) is 5.26. The topological polar surface area (TPSA) is 57.5 Å². The molecule has 0 saturated heterocycles. The molecule has 0 radical (unpaired) electrons. The van der Waals surface area contributed by atoms with Gasteiger partial charge in [-0.15, -0.1) is 0 Å². The molecule has 0 aliphatic rings. The number of carbonyl (C=O) groups excluding carboxylic acids is 1. The quantitative estimate of drug-likeness (QED) is 0.626. The first-order valence-electron chi connectivity index (χ1n) is 3.68. The van der Waals surface area contributed by atoms with Gasteiger partial charge in [-0.05, 0) is 5.41 Å². The van der Waals surface area contributed by atoms with Crippen LogP contribution in [0.15, 0.2) is 0 Å². The van der Waals surface area contributed by atoms with E-state index in [-0.39, 0.29) is 11.2 Å². The van der Waals surface area contributed by atoms with E-state index >= 15 is 0 Å². The molecule has 3 heteroatoms. The first-order valence-corrected chi connectivity index (χ1v) is 3.68. The van der Waals surface area contributed by atoms with Crippen LogP contribution in [-0.4, -0.2) is 28.7 Å². The fourth-order valence-electron chi connectivity index (χ4n) is 0.742. The van der Waals surface area contributed by atoms with E-state index in [4.69, 9.17) is 10.2 Å². The standard InChI is InChI=1S/C8H16O3/c1-8(2,3)4-6(10)7(11)5-9/h7,9,11H,4-5H2,1-3H3/t7-/m1/s1. The molecule has 0 rings (SSSR count). The summed E-state index contributed by atoms with van der Waals surface area (Å²) in [4.78, 5) is 11.0. The highest BCUT2D eigenvalue weighted by Gasteiger charge is 2.21. The molecule has 3 nitrogen and oxygen atoms in total. The Labute approximate surface area is 67.0 Å². The Morgan fingerprint density at radius 1 is 1.45 bits per heavy atom. The molecule has 0 aromatic carbocycles. The first-order chi connectivity index (χ1) is 4.87. The second kappa shape index (κ2) is 3.83. The van der Waals surface area contributed by atoms with Crippen molar-refractivity contribution in [1.82, 2.24) is 0 Å². The zero-order chi connectivity index (χ0) is 9.07. The highest BCUT2D eigenvalue weighted by Crippen LogP contribution is 2.19. The SMILES string of the molecule is CC(C)(C)CC(=O)[C@H](O)CO. The van der Waals surface area contributed by atoms with Crippen LogP contribution in [0.2, 0.25) is 0 Å². The lowest BCUT2D eigenvalue weighted by atomic mass is 9.88. The van der Waals surface area contributed by atoms with Gasteiger partial charge in [-0.3, -0.25) is 4.79 Å². The molecular formula is C8H16O3. The minimum absolute atomic E-state index is 0.118. The van der Waals surface area contributed by atoms with E-state index in [2.05, 4.69) is 0 Å². The Balaban J connectivity index is 3.88. The zero-order valence-electron chi connectivity index (χ0n) is 7.29. The normalized spacial score (nSPS) is 14.6. The van der Waals surface area contributed by atoms with E-state index in [1.54, 1.807) is 0 Å². The van der Waals surface area contributed by atoms with E-state index in [9.17, 15) is 4.79 Å². The number of aliphatic hydroxyl groups is 2. The number of aliphatic hydroxyl groups excluding tert-OH is 2. The third-order valence-electron chi connectivity index (χ3n) is 1.25. The summed E-state index contributed by atoms with van der Waals surface area (Å²) in [5.41, 5.74) is -0.118. The molecule has 11 heavy (non-hydrogen) atoms. The largest absolute Gasteiger partial charge is 0.393 e. The molecule has 0 aliphatic heterocycles. The van der Waals surface area contributed by atoms with Crippen molar-refractivity contribution in [1.29, 1.82) is 0 Å². The van der Waals surface area contributed by atoms with Crippen LogP contribution in [0.3, 0.4) is 0 Å². The van der Waals surface area contributed by atoms with Crippen LogP contribution in [0.25, 0.3) is 0 Å². The molecule has 66 valence electrons. The van der Waals surface area contributed by atoms with Gasteiger partial charge in [0.1, 0.15) is 6.10 Å². The summed E-state index contributed by atoms with van der Waals surface area (Å²) in [6, 6.07) is 0. The van der Waals surface area contributed by atoms with E-state index < -0.39 is 12.7 Å². The fraction of sp³-hybridized carbons (Fsp3) is 0.875. The lowest BCUT2D eigenvalue weighted by Crippen LogP contribution is -2.27. The Morgan fingerprint density at radius 3 is 2.18 bits per heavy atom. The van der Waals surface area contributed by atoms with Gasteiger partial charge in [0.2, 0.25) is 0 Å². The third-order valence-corrected chi connectivity index (χ3v) is 1.25. The van der Waals surface area contributed by atoms with Crippen molar-refractivity contribution in [3.63, 3.8) is 0 Å². The van der Waals surface area contributed by atoms with Gasteiger partial charge in [0.25, 0.3) is 0 Å². The zero-order valence-corrected chi connectivity index (χ0v) is 7.29. The summed E-state index contributed by atoms with van der Waals surface area (Å²) in [5, 5.41) is 17.3. The van der Waals surface area contributed by atoms with Crippen LogP contribution in [-0.2, 0) is 4.79 Å². The lowest BCUT2D eigenvalue weighted by molar-refractivity contribution is -0.130. The van der Waals surface area contributed by atoms with Gasteiger partial charge in [0.05, 0.1) is 6.61 Å². The molecule has 0 heterocycles. The monoisotopic (exact) mass is 160 g/mol. The molecule has 0 spiro atoms. The van der Waals surface area contributed by atoms with Crippen molar-refractivity contribution in [3.8, 4) is 0 Å². The van der Waals surface area contributed by atoms with Crippen LogP contribution in [0.1, 0.15) is 27.2 Å². The van der Waals surface area contributed by atoms with Gasteiger partial charge in [0.15, 0.2) is 5.78 Å². The van der Waals surface area contributed by atoms with Crippen LogP contribution < -0.4 is 0 Å². The van der Waals surface area contributed by atoms with Gasteiger partial charge >= 0.3 is 0 Å². The van der Waals surface area contributed by atoms with Gasteiger partial charge in [-0.1, -0.05) is 20.8 Å². The number of rotatable bonds is 3. The smallest absolute Gasteiger partial charge is 0.164 e. The molecule has 2 N–H and O–H groups in total. The second-order valence-electron chi connectivity index (χ2n) is 3.90. The Bertz CT molecular complexity index is 135. The van der Waals surface area contributed by atoms with E-state index in [1.807, 2.05) is 20.8 Å². The minimum Gasteiger partial charge on any atom is -0.393 e. The van der Waals surface area contributed by atoms with Crippen molar-refractivity contribution >= 4 is 5.78 Å². The molecule has 1 atom stereocenters. The van der Waals surface area contributed by atoms with Crippen molar-refractivity contribution in [2.24, 2.45) is 5.41 Å². The fourth-order valence-corrected chi connectivity index (χ4v) is 0.742. The van der Waals surface area contributed by atoms with Gasteiger partial charge in [0, 0.05) is 6.42 Å². The number of Topliss-reactive ketones (excluding diaryl/α,β-unsaturated/α-hetero) is 1. The molecule has 0 aromatic heterocycles. The Kier molecular flexibility index (Phi) is 3.69. The highest BCUT2D eigenvalue weighted by molar-refractivity contribution is 5.83. The average Bonchev–Trinajstić information content (AvgIpc) is 1.82. The second-order valence-corrected chi connectivity index (χ2v) is 3.90. The maximum absolute atomic E-state index is 11.0. The van der Waals surface area contributed by atoms with Crippen molar-refractivity contribution in [2.45, 2.75) is 33.3 Å². The van der Waals surface area contributed by atoms with Crippen LogP contribution in [0, 0.1) is 5.41 Å². The predicted molar refractivity (Wildman–Crippen MR) is 42.2 cm³/mol. The van der Waals surface area contributed by atoms with E-state index in [0.29, 0.717) is 6.42 Å². The number of ketones is 1. The molecule has 0 amide bonds. The number of hydrogen-bond donors (Lipinski definition) is 2. The summed E-state index contributed by atoms with van der Waals surface area (Å²) < 4.78 is 0. The number of hydrogen-bond acceptors (Lipinski definition) is 3.